The molecule has 2 aromatic carbocycles. The number of likely N-dealkylation sites (tertiary alicyclic amines) is 1. The van der Waals surface area contributed by atoms with E-state index in [2.05, 4.69) is 0 Å². The lowest BCUT2D eigenvalue weighted by Gasteiger charge is -2.26. The third-order valence-corrected chi connectivity index (χ3v) is 5.20. The highest BCUT2D eigenvalue weighted by molar-refractivity contribution is 6.46. The van der Waals surface area contributed by atoms with Gasteiger partial charge in [0.25, 0.3) is 11.7 Å². The Morgan fingerprint density at radius 2 is 1.73 bits per heavy atom. The van der Waals surface area contributed by atoms with Crippen LogP contribution in [-0.2, 0) is 9.59 Å². The van der Waals surface area contributed by atoms with Gasteiger partial charge in [0.1, 0.15) is 11.5 Å². The fourth-order valence-electron chi connectivity index (χ4n) is 3.44. The molecular formula is C23H25ClN2O4. The van der Waals surface area contributed by atoms with Crippen molar-refractivity contribution in [2.24, 2.45) is 0 Å². The van der Waals surface area contributed by atoms with Crippen LogP contribution in [0.5, 0.6) is 5.75 Å². The highest BCUT2D eigenvalue weighted by Gasteiger charge is 2.45. The first kappa shape index (κ1) is 21.9. The van der Waals surface area contributed by atoms with Crippen molar-refractivity contribution in [2.75, 3.05) is 33.8 Å². The number of ketones is 1. The second-order valence-electron chi connectivity index (χ2n) is 7.30. The average Bonchev–Trinajstić information content (AvgIpc) is 2.98. The van der Waals surface area contributed by atoms with E-state index in [0.717, 1.165) is 5.56 Å². The SMILES string of the molecule is CCOc1ccc(C2C(=C(O)c3ccc(Cl)cc3)C(=O)C(=O)N2CCN(C)C)cc1. The fourth-order valence-corrected chi connectivity index (χ4v) is 3.57. The van der Waals surface area contributed by atoms with E-state index in [1.54, 1.807) is 36.4 Å². The van der Waals surface area contributed by atoms with Gasteiger partial charge in [-0.2, -0.15) is 0 Å². The van der Waals surface area contributed by atoms with E-state index in [1.807, 2.05) is 38.1 Å². The topological polar surface area (TPSA) is 70.1 Å². The Bertz CT molecular complexity index is 952. The monoisotopic (exact) mass is 428 g/mol. The van der Waals surface area contributed by atoms with Gasteiger partial charge in [-0.3, -0.25) is 9.59 Å². The Balaban J connectivity index is 2.10. The fraction of sp³-hybridized carbons (Fsp3) is 0.304. The molecule has 7 heteroatoms. The van der Waals surface area contributed by atoms with E-state index in [0.29, 0.717) is 36.0 Å². The second kappa shape index (κ2) is 9.32. The molecule has 1 heterocycles. The number of rotatable bonds is 7. The molecule has 6 nitrogen and oxygen atoms in total. The number of halogens is 1. The first-order valence-electron chi connectivity index (χ1n) is 9.75. The first-order chi connectivity index (χ1) is 14.3. The Kier molecular flexibility index (Phi) is 6.80. The molecule has 2 aromatic rings. The highest BCUT2D eigenvalue weighted by atomic mass is 35.5. The summed E-state index contributed by atoms with van der Waals surface area (Å²) in [4.78, 5) is 29.2. The quantitative estimate of drug-likeness (QED) is 0.413. The van der Waals surface area contributed by atoms with Crippen LogP contribution in [0.3, 0.4) is 0 Å². The minimum absolute atomic E-state index is 0.0743. The van der Waals surface area contributed by atoms with Gasteiger partial charge in [0, 0.05) is 23.7 Å². The van der Waals surface area contributed by atoms with Gasteiger partial charge in [-0.15, -0.1) is 0 Å². The Morgan fingerprint density at radius 1 is 1.10 bits per heavy atom. The van der Waals surface area contributed by atoms with Crippen molar-refractivity contribution in [2.45, 2.75) is 13.0 Å². The predicted octanol–water partition coefficient (Wildman–Crippen LogP) is 3.72. The zero-order valence-electron chi connectivity index (χ0n) is 17.3. The lowest BCUT2D eigenvalue weighted by Crippen LogP contribution is -2.35. The van der Waals surface area contributed by atoms with E-state index in [9.17, 15) is 14.7 Å². The van der Waals surface area contributed by atoms with Crippen LogP contribution in [0.25, 0.3) is 5.76 Å². The largest absolute Gasteiger partial charge is 0.507 e. The Hall–Kier alpha value is -2.83. The van der Waals surface area contributed by atoms with Crippen molar-refractivity contribution < 1.29 is 19.4 Å². The Morgan fingerprint density at radius 3 is 2.30 bits per heavy atom. The molecule has 0 aliphatic carbocycles. The van der Waals surface area contributed by atoms with Crippen LogP contribution >= 0.6 is 11.6 Å². The van der Waals surface area contributed by atoms with Crippen molar-refractivity contribution in [3.05, 3.63) is 70.3 Å². The van der Waals surface area contributed by atoms with Gasteiger partial charge in [-0.25, -0.2) is 0 Å². The number of likely N-dealkylation sites (N-methyl/N-ethyl adjacent to an activating group) is 1. The van der Waals surface area contributed by atoms with Gasteiger partial charge in [-0.05, 0) is 63.0 Å². The van der Waals surface area contributed by atoms with E-state index >= 15 is 0 Å². The third kappa shape index (κ3) is 4.50. The number of nitrogens with zero attached hydrogens (tertiary/aromatic N) is 2. The van der Waals surface area contributed by atoms with Crippen molar-refractivity contribution in [1.29, 1.82) is 0 Å². The van der Waals surface area contributed by atoms with Gasteiger partial charge >= 0.3 is 0 Å². The van der Waals surface area contributed by atoms with Gasteiger partial charge in [0.2, 0.25) is 0 Å². The lowest BCUT2D eigenvalue weighted by molar-refractivity contribution is -0.140. The molecule has 3 rings (SSSR count). The van der Waals surface area contributed by atoms with Gasteiger partial charge < -0.3 is 19.6 Å². The van der Waals surface area contributed by atoms with Crippen LogP contribution < -0.4 is 4.74 Å². The third-order valence-electron chi connectivity index (χ3n) is 4.95. The van der Waals surface area contributed by atoms with Crippen LogP contribution in [-0.4, -0.2) is 60.4 Å². The number of hydrogen-bond acceptors (Lipinski definition) is 5. The molecule has 0 spiro atoms. The lowest BCUT2D eigenvalue weighted by atomic mass is 9.95. The predicted molar refractivity (Wildman–Crippen MR) is 117 cm³/mol. The highest BCUT2D eigenvalue weighted by Crippen LogP contribution is 2.39. The average molecular weight is 429 g/mol. The van der Waals surface area contributed by atoms with E-state index in [-0.39, 0.29) is 11.3 Å². The summed E-state index contributed by atoms with van der Waals surface area (Å²) in [6.45, 7) is 3.38. The van der Waals surface area contributed by atoms with Crippen LogP contribution in [0.4, 0.5) is 0 Å². The van der Waals surface area contributed by atoms with E-state index in [4.69, 9.17) is 16.3 Å². The molecule has 0 radical (unpaired) electrons. The number of carbonyl (C=O) groups excluding carboxylic acids is 2. The van der Waals surface area contributed by atoms with Crippen LogP contribution in [0, 0.1) is 0 Å². The molecule has 1 atom stereocenters. The molecule has 1 fully saturated rings. The number of benzene rings is 2. The second-order valence-corrected chi connectivity index (χ2v) is 7.74. The molecule has 0 saturated carbocycles. The molecule has 1 aliphatic heterocycles. The number of ether oxygens (including phenoxy) is 1. The summed E-state index contributed by atoms with van der Waals surface area (Å²) in [6.07, 6.45) is 0. The molecule has 1 saturated heterocycles. The van der Waals surface area contributed by atoms with E-state index in [1.165, 1.54) is 4.90 Å². The molecule has 0 bridgehead atoms. The number of amides is 1. The maximum Gasteiger partial charge on any atom is 0.295 e. The summed E-state index contributed by atoms with van der Waals surface area (Å²) in [6, 6.07) is 13.1. The molecule has 1 aliphatic rings. The zero-order valence-corrected chi connectivity index (χ0v) is 18.0. The number of aliphatic hydroxyl groups is 1. The van der Waals surface area contributed by atoms with Gasteiger partial charge in [-0.1, -0.05) is 23.7 Å². The zero-order chi connectivity index (χ0) is 21.8. The number of aliphatic hydroxyl groups excluding tert-OH is 1. The number of hydrogen-bond donors (Lipinski definition) is 1. The molecule has 0 aromatic heterocycles. The molecular weight excluding hydrogens is 404 g/mol. The van der Waals surface area contributed by atoms with E-state index < -0.39 is 17.7 Å². The summed E-state index contributed by atoms with van der Waals surface area (Å²) in [7, 11) is 3.80. The van der Waals surface area contributed by atoms with Crippen molar-refractivity contribution >= 4 is 29.1 Å². The maximum absolute atomic E-state index is 12.9. The molecule has 30 heavy (non-hydrogen) atoms. The van der Waals surface area contributed by atoms with Crippen molar-refractivity contribution in [3.63, 3.8) is 0 Å². The Labute approximate surface area is 181 Å². The van der Waals surface area contributed by atoms with Crippen LogP contribution in [0.15, 0.2) is 54.1 Å². The van der Waals surface area contributed by atoms with Crippen LogP contribution in [0.2, 0.25) is 5.02 Å². The summed E-state index contributed by atoms with van der Waals surface area (Å²) >= 11 is 5.94. The van der Waals surface area contributed by atoms with Gasteiger partial charge in [0.05, 0.1) is 18.2 Å². The normalized spacial score (nSPS) is 18.3. The maximum atomic E-state index is 12.9. The number of carbonyl (C=O) groups is 2. The van der Waals surface area contributed by atoms with Crippen LogP contribution in [0.1, 0.15) is 24.1 Å². The smallest absolute Gasteiger partial charge is 0.295 e. The summed E-state index contributed by atoms with van der Waals surface area (Å²) in [5, 5.41) is 11.5. The molecule has 1 amide bonds. The minimum Gasteiger partial charge on any atom is -0.507 e. The van der Waals surface area contributed by atoms with Crippen molar-refractivity contribution in [3.8, 4) is 5.75 Å². The minimum atomic E-state index is -0.694. The standard InChI is InChI=1S/C23H25ClN2O4/c1-4-30-18-11-7-15(8-12-18)20-19(21(27)16-5-9-17(24)10-6-16)22(28)23(29)26(20)14-13-25(2)3/h5-12,20,27H,4,13-14H2,1-3H3. The number of Topliss-reactive ketones (excluding diaryl/α,β-unsaturated/α-hetero) is 1. The molecule has 1 unspecified atom stereocenters. The summed E-state index contributed by atoms with van der Waals surface area (Å²) in [5.74, 6) is -0.827. The summed E-state index contributed by atoms with van der Waals surface area (Å²) < 4.78 is 5.50. The van der Waals surface area contributed by atoms with Crippen molar-refractivity contribution in [1.82, 2.24) is 9.80 Å². The molecule has 158 valence electrons. The van der Waals surface area contributed by atoms with Gasteiger partial charge in [0.15, 0.2) is 0 Å². The summed E-state index contributed by atoms with van der Waals surface area (Å²) in [5.41, 5.74) is 1.23. The molecule has 1 N–H and O–H groups in total. The first-order valence-corrected chi connectivity index (χ1v) is 10.1.